The van der Waals surface area contributed by atoms with Gasteiger partial charge in [0.25, 0.3) is 0 Å². The highest BCUT2D eigenvalue weighted by atomic mass is 15.2. The van der Waals surface area contributed by atoms with Gasteiger partial charge in [-0.3, -0.25) is 4.90 Å². The third-order valence-corrected chi connectivity index (χ3v) is 6.41. The summed E-state index contributed by atoms with van der Waals surface area (Å²) in [5, 5.41) is 0. The van der Waals surface area contributed by atoms with E-state index in [1.807, 2.05) is 0 Å². The smallest absolute Gasteiger partial charge is 0.0122 e. The summed E-state index contributed by atoms with van der Waals surface area (Å²) in [4.78, 5) is 5.47. The topological polar surface area (TPSA) is 6.48 Å². The first-order valence-electron chi connectivity index (χ1n) is 9.99. The van der Waals surface area contributed by atoms with E-state index in [-0.39, 0.29) is 0 Å². The fourth-order valence-corrected chi connectivity index (χ4v) is 4.88. The summed E-state index contributed by atoms with van der Waals surface area (Å²) in [6, 6.07) is 1.53. The molecule has 1 saturated heterocycles. The summed E-state index contributed by atoms with van der Waals surface area (Å²) >= 11 is 0. The van der Waals surface area contributed by atoms with Crippen molar-refractivity contribution >= 4 is 0 Å². The maximum atomic E-state index is 2.77. The lowest BCUT2D eigenvalue weighted by molar-refractivity contribution is 0.0748. The predicted octanol–water partition coefficient (Wildman–Crippen LogP) is 4.64. The molecule has 0 aromatic carbocycles. The maximum Gasteiger partial charge on any atom is 0.0122 e. The SMILES string of the molecule is CCN(C(C)C)C1CCN(CC2CCC(C(C)C)CC2)CC1. The highest BCUT2D eigenvalue weighted by Crippen LogP contribution is 2.34. The van der Waals surface area contributed by atoms with Gasteiger partial charge in [0.05, 0.1) is 0 Å². The van der Waals surface area contributed by atoms with Crippen LogP contribution in [0.15, 0.2) is 0 Å². The molecule has 0 aromatic rings. The Bertz CT molecular complexity index is 297. The first-order chi connectivity index (χ1) is 10.5. The first-order valence-corrected chi connectivity index (χ1v) is 9.99. The van der Waals surface area contributed by atoms with E-state index in [9.17, 15) is 0 Å². The van der Waals surface area contributed by atoms with Gasteiger partial charge in [-0.05, 0) is 89.8 Å². The van der Waals surface area contributed by atoms with Crippen molar-refractivity contribution < 1.29 is 0 Å². The van der Waals surface area contributed by atoms with Gasteiger partial charge in [-0.2, -0.15) is 0 Å². The number of likely N-dealkylation sites (tertiary alicyclic amines) is 1. The van der Waals surface area contributed by atoms with Crippen LogP contribution in [-0.4, -0.2) is 48.1 Å². The van der Waals surface area contributed by atoms with Gasteiger partial charge in [0.2, 0.25) is 0 Å². The Morgan fingerprint density at radius 2 is 1.50 bits per heavy atom. The molecule has 0 unspecified atom stereocenters. The molecule has 0 radical (unpaired) electrons. The molecule has 2 aliphatic rings. The van der Waals surface area contributed by atoms with E-state index >= 15 is 0 Å². The highest BCUT2D eigenvalue weighted by Gasteiger charge is 2.28. The Hall–Kier alpha value is -0.0800. The van der Waals surface area contributed by atoms with Gasteiger partial charge in [0, 0.05) is 18.6 Å². The fourth-order valence-electron chi connectivity index (χ4n) is 4.88. The second-order valence-electron chi connectivity index (χ2n) is 8.48. The minimum Gasteiger partial charge on any atom is -0.303 e. The normalized spacial score (nSPS) is 28.9. The average Bonchev–Trinajstić information content (AvgIpc) is 2.50. The lowest BCUT2D eigenvalue weighted by Crippen LogP contribution is -2.48. The third-order valence-electron chi connectivity index (χ3n) is 6.41. The van der Waals surface area contributed by atoms with Crippen LogP contribution < -0.4 is 0 Å². The minimum absolute atomic E-state index is 0.702. The zero-order valence-corrected chi connectivity index (χ0v) is 15.9. The standard InChI is InChI=1S/C20H40N2/c1-6-22(17(4)5)20-11-13-21(14-12-20)15-18-7-9-19(10-8-18)16(2)3/h16-20H,6-15H2,1-5H3. The predicted molar refractivity (Wildman–Crippen MR) is 97.3 cm³/mol. The second kappa shape index (κ2) is 8.68. The van der Waals surface area contributed by atoms with Gasteiger partial charge < -0.3 is 4.90 Å². The Kier molecular flexibility index (Phi) is 7.21. The lowest BCUT2D eigenvalue weighted by atomic mass is 9.77. The molecule has 1 aliphatic carbocycles. The summed E-state index contributed by atoms with van der Waals surface area (Å²) in [5.41, 5.74) is 0. The van der Waals surface area contributed by atoms with Gasteiger partial charge in [-0.15, -0.1) is 0 Å². The van der Waals surface area contributed by atoms with E-state index in [1.165, 1.54) is 64.7 Å². The third kappa shape index (κ3) is 4.96. The molecule has 2 rings (SSSR count). The monoisotopic (exact) mass is 308 g/mol. The van der Waals surface area contributed by atoms with Crippen molar-refractivity contribution in [2.75, 3.05) is 26.2 Å². The lowest BCUT2D eigenvalue weighted by Gasteiger charge is -2.41. The van der Waals surface area contributed by atoms with E-state index in [0.717, 1.165) is 23.8 Å². The molecular formula is C20H40N2. The van der Waals surface area contributed by atoms with E-state index in [2.05, 4.69) is 44.4 Å². The van der Waals surface area contributed by atoms with Crippen molar-refractivity contribution in [2.24, 2.45) is 17.8 Å². The van der Waals surface area contributed by atoms with Crippen molar-refractivity contribution in [3.63, 3.8) is 0 Å². The van der Waals surface area contributed by atoms with Crippen LogP contribution in [0.5, 0.6) is 0 Å². The number of rotatable bonds is 6. The van der Waals surface area contributed by atoms with Gasteiger partial charge >= 0.3 is 0 Å². The van der Waals surface area contributed by atoms with Crippen molar-refractivity contribution in [1.29, 1.82) is 0 Å². The second-order valence-corrected chi connectivity index (χ2v) is 8.48. The van der Waals surface area contributed by atoms with Crippen LogP contribution in [0.4, 0.5) is 0 Å². The number of hydrogen-bond donors (Lipinski definition) is 0. The first kappa shape index (κ1) is 18.3. The molecule has 22 heavy (non-hydrogen) atoms. The van der Waals surface area contributed by atoms with Crippen molar-refractivity contribution in [3.8, 4) is 0 Å². The summed E-state index contributed by atoms with van der Waals surface area (Å²) in [5.74, 6) is 2.89. The molecule has 1 aliphatic heterocycles. The molecule has 1 saturated carbocycles. The van der Waals surface area contributed by atoms with Gasteiger partial charge in [-0.1, -0.05) is 20.8 Å². The molecular weight excluding hydrogens is 268 g/mol. The van der Waals surface area contributed by atoms with Gasteiger partial charge in [-0.25, -0.2) is 0 Å². The van der Waals surface area contributed by atoms with Gasteiger partial charge in [0.1, 0.15) is 0 Å². The molecule has 1 heterocycles. The highest BCUT2D eigenvalue weighted by molar-refractivity contribution is 4.83. The molecule has 0 N–H and O–H groups in total. The number of hydrogen-bond acceptors (Lipinski definition) is 2. The quantitative estimate of drug-likeness (QED) is 0.705. The molecule has 0 atom stereocenters. The Morgan fingerprint density at radius 1 is 0.909 bits per heavy atom. The summed E-state index contributed by atoms with van der Waals surface area (Å²) < 4.78 is 0. The van der Waals surface area contributed by atoms with Crippen LogP contribution in [0.3, 0.4) is 0 Å². The Morgan fingerprint density at radius 3 is 1.95 bits per heavy atom. The zero-order valence-electron chi connectivity index (χ0n) is 15.9. The van der Waals surface area contributed by atoms with Crippen LogP contribution in [0.1, 0.15) is 73.1 Å². The summed E-state index contributed by atoms with van der Waals surface area (Å²) in [7, 11) is 0. The van der Waals surface area contributed by atoms with Crippen molar-refractivity contribution in [2.45, 2.75) is 85.2 Å². The molecule has 2 fully saturated rings. The molecule has 2 heteroatoms. The number of piperidine rings is 1. The minimum atomic E-state index is 0.702. The van der Waals surface area contributed by atoms with Crippen LogP contribution in [0, 0.1) is 17.8 Å². The van der Waals surface area contributed by atoms with Crippen LogP contribution >= 0.6 is 0 Å². The average molecular weight is 309 g/mol. The van der Waals surface area contributed by atoms with Crippen LogP contribution in [-0.2, 0) is 0 Å². The van der Waals surface area contributed by atoms with Crippen molar-refractivity contribution in [3.05, 3.63) is 0 Å². The molecule has 2 nitrogen and oxygen atoms in total. The molecule has 0 amide bonds. The van der Waals surface area contributed by atoms with E-state index < -0.39 is 0 Å². The van der Waals surface area contributed by atoms with E-state index in [1.54, 1.807) is 0 Å². The largest absolute Gasteiger partial charge is 0.303 e. The fraction of sp³-hybridized carbons (Fsp3) is 1.00. The molecule has 0 bridgehead atoms. The molecule has 130 valence electrons. The summed E-state index contributed by atoms with van der Waals surface area (Å²) in [6.07, 6.45) is 8.69. The van der Waals surface area contributed by atoms with E-state index in [4.69, 9.17) is 0 Å². The molecule has 0 spiro atoms. The van der Waals surface area contributed by atoms with E-state index in [0.29, 0.717) is 6.04 Å². The number of nitrogens with zero attached hydrogens (tertiary/aromatic N) is 2. The van der Waals surface area contributed by atoms with Crippen molar-refractivity contribution in [1.82, 2.24) is 9.80 Å². The van der Waals surface area contributed by atoms with Gasteiger partial charge in [0.15, 0.2) is 0 Å². The Labute approximate surface area is 139 Å². The van der Waals surface area contributed by atoms with Crippen LogP contribution in [0.25, 0.3) is 0 Å². The maximum absolute atomic E-state index is 2.77. The van der Waals surface area contributed by atoms with Crippen LogP contribution in [0.2, 0.25) is 0 Å². The molecule has 0 aromatic heterocycles. The Balaban J connectivity index is 1.70. The zero-order chi connectivity index (χ0) is 16.1. The summed E-state index contributed by atoms with van der Waals surface area (Å²) in [6.45, 7) is 17.1.